The van der Waals surface area contributed by atoms with Crippen LogP contribution in [0.4, 0.5) is 14.5 Å². The molecule has 2 N–H and O–H groups in total. The molecule has 3 aromatic rings. The van der Waals surface area contributed by atoms with E-state index in [1.165, 1.54) is 36.1 Å². The number of aromatic nitrogens is 2. The van der Waals surface area contributed by atoms with Crippen molar-refractivity contribution >= 4 is 39.2 Å². The fraction of sp³-hybridized carbons (Fsp3) is 0.400. The minimum Gasteiger partial charge on any atom is -0.453 e. The summed E-state index contributed by atoms with van der Waals surface area (Å²) < 4.78 is 64.9. The molecule has 0 bridgehead atoms. The van der Waals surface area contributed by atoms with Crippen LogP contribution in [0.1, 0.15) is 31.7 Å². The lowest BCUT2D eigenvalue weighted by Gasteiger charge is -2.30. The molecular weight excluding hydrogens is 554 g/mol. The number of anilines is 1. The van der Waals surface area contributed by atoms with Crippen LogP contribution < -0.4 is 20.3 Å². The first-order chi connectivity index (χ1) is 18.1. The monoisotopic (exact) mass is 582 g/mol. The quantitative estimate of drug-likeness (QED) is 0.393. The van der Waals surface area contributed by atoms with Crippen molar-refractivity contribution in [1.29, 1.82) is 5.26 Å². The summed E-state index contributed by atoms with van der Waals surface area (Å²) in [5, 5.41) is 13.0. The Bertz CT molecular complexity index is 1550. The second-order valence-electron chi connectivity index (χ2n) is 9.11. The number of piperidine rings is 1. The Morgan fingerprint density at radius 1 is 1.28 bits per heavy atom. The van der Waals surface area contributed by atoms with Gasteiger partial charge < -0.3 is 10.1 Å². The van der Waals surface area contributed by atoms with Gasteiger partial charge in [0.25, 0.3) is 5.56 Å². The van der Waals surface area contributed by atoms with Crippen LogP contribution >= 0.6 is 12.4 Å². The molecule has 2 aromatic carbocycles. The highest BCUT2D eigenvalue weighted by Gasteiger charge is 2.31. The van der Waals surface area contributed by atoms with Gasteiger partial charge in [-0.1, -0.05) is 6.92 Å². The highest BCUT2D eigenvalue weighted by Crippen LogP contribution is 2.34. The Morgan fingerprint density at radius 3 is 2.67 bits per heavy atom. The standard InChI is InChI=1S/C25H28F2N6O4S.ClH/c1-3-32(2)38(35,36)31-22-7-5-20(26)23(19(22)15-28)37-17-4-6-21-18(14-17)24(34)33(16-30-21)13-10-25(27)8-11-29-12-9-25;/h4-7,14,16,29,31H,3,8-13H2,1-2H3;1H. The van der Waals surface area contributed by atoms with Crippen molar-refractivity contribution in [2.75, 3.05) is 31.4 Å². The van der Waals surface area contributed by atoms with E-state index in [1.807, 2.05) is 0 Å². The average molecular weight is 583 g/mol. The van der Waals surface area contributed by atoms with Crippen LogP contribution in [0.15, 0.2) is 41.5 Å². The van der Waals surface area contributed by atoms with Crippen LogP contribution in [-0.4, -0.2) is 54.6 Å². The van der Waals surface area contributed by atoms with Crippen molar-refractivity contribution in [2.45, 2.75) is 38.4 Å². The Morgan fingerprint density at radius 2 is 2.00 bits per heavy atom. The maximum absolute atomic E-state index is 15.0. The van der Waals surface area contributed by atoms with Crippen LogP contribution in [0.2, 0.25) is 0 Å². The Kier molecular flexibility index (Phi) is 9.50. The number of nitriles is 1. The van der Waals surface area contributed by atoms with Gasteiger partial charge in [0.05, 0.1) is 22.9 Å². The second kappa shape index (κ2) is 12.3. The van der Waals surface area contributed by atoms with Crippen molar-refractivity contribution in [1.82, 2.24) is 19.2 Å². The lowest BCUT2D eigenvalue weighted by Crippen LogP contribution is -2.39. The fourth-order valence-electron chi connectivity index (χ4n) is 4.16. The van der Waals surface area contributed by atoms with Gasteiger partial charge in [-0.2, -0.15) is 18.0 Å². The van der Waals surface area contributed by atoms with Gasteiger partial charge in [0.15, 0.2) is 11.6 Å². The van der Waals surface area contributed by atoms with E-state index in [9.17, 15) is 22.9 Å². The molecule has 0 radical (unpaired) electrons. The van der Waals surface area contributed by atoms with E-state index in [4.69, 9.17) is 4.74 Å². The molecule has 10 nitrogen and oxygen atoms in total. The number of rotatable bonds is 9. The SMILES string of the molecule is CCN(C)S(=O)(=O)Nc1ccc(F)c(Oc2ccc3ncn(CCC4(F)CCNCC4)c(=O)c3c2)c1C#N.Cl. The van der Waals surface area contributed by atoms with E-state index in [-0.39, 0.29) is 54.3 Å². The van der Waals surface area contributed by atoms with Crippen molar-refractivity contribution in [2.24, 2.45) is 0 Å². The van der Waals surface area contributed by atoms with Gasteiger partial charge in [0.2, 0.25) is 0 Å². The molecule has 39 heavy (non-hydrogen) atoms. The topological polar surface area (TPSA) is 129 Å². The molecule has 1 aliphatic heterocycles. The van der Waals surface area contributed by atoms with Crippen LogP contribution in [0.5, 0.6) is 11.5 Å². The number of ether oxygens (including phenoxy) is 1. The number of fused-ring (bicyclic) bond motifs is 1. The van der Waals surface area contributed by atoms with Gasteiger partial charge in [-0.15, -0.1) is 12.4 Å². The summed E-state index contributed by atoms with van der Waals surface area (Å²) in [6, 6.07) is 8.21. The van der Waals surface area contributed by atoms with E-state index < -0.39 is 33.0 Å². The Hall–Kier alpha value is -3.31. The molecule has 1 saturated heterocycles. The summed E-state index contributed by atoms with van der Waals surface area (Å²) in [5.74, 6) is -1.36. The first kappa shape index (κ1) is 30.2. The molecule has 2 heterocycles. The largest absolute Gasteiger partial charge is 0.453 e. The predicted octanol–water partition coefficient (Wildman–Crippen LogP) is 3.71. The molecule has 0 spiro atoms. The first-order valence-corrected chi connectivity index (χ1v) is 13.5. The number of nitrogens with zero attached hydrogens (tertiary/aromatic N) is 4. The maximum atomic E-state index is 15.0. The molecule has 1 aromatic heterocycles. The summed E-state index contributed by atoms with van der Waals surface area (Å²) in [7, 11) is -2.63. The van der Waals surface area contributed by atoms with Gasteiger partial charge in [-0.25, -0.2) is 13.8 Å². The van der Waals surface area contributed by atoms with Crippen molar-refractivity contribution in [3.05, 3.63) is 58.4 Å². The van der Waals surface area contributed by atoms with Gasteiger partial charge in [0.1, 0.15) is 23.1 Å². The molecule has 0 amide bonds. The molecule has 1 fully saturated rings. The van der Waals surface area contributed by atoms with Crippen molar-refractivity contribution in [3.8, 4) is 17.6 Å². The Labute approximate surface area is 231 Å². The number of halogens is 3. The molecular formula is C25H29ClF2N6O4S. The van der Waals surface area contributed by atoms with Crippen LogP contribution in [0.3, 0.4) is 0 Å². The van der Waals surface area contributed by atoms with E-state index >= 15 is 4.39 Å². The van der Waals surface area contributed by atoms with Crippen molar-refractivity contribution in [3.63, 3.8) is 0 Å². The summed E-state index contributed by atoms with van der Waals surface area (Å²) >= 11 is 0. The van der Waals surface area contributed by atoms with E-state index in [0.717, 1.165) is 16.4 Å². The zero-order valence-electron chi connectivity index (χ0n) is 21.4. The van der Waals surface area contributed by atoms with Gasteiger partial charge in [-0.05, 0) is 62.7 Å². The number of hydrogen-bond acceptors (Lipinski definition) is 7. The number of nitrogens with one attached hydrogen (secondary N) is 2. The molecule has 0 aliphatic carbocycles. The molecule has 0 atom stereocenters. The molecule has 210 valence electrons. The summed E-state index contributed by atoms with van der Waals surface area (Å²) in [5.41, 5.74) is -1.93. The number of hydrogen-bond donors (Lipinski definition) is 2. The highest BCUT2D eigenvalue weighted by molar-refractivity contribution is 7.90. The van der Waals surface area contributed by atoms with Gasteiger partial charge >= 0.3 is 10.2 Å². The predicted molar refractivity (Wildman–Crippen MR) is 146 cm³/mol. The number of aryl methyl sites for hydroxylation is 1. The smallest absolute Gasteiger partial charge is 0.301 e. The summed E-state index contributed by atoms with van der Waals surface area (Å²) in [6.07, 6.45) is 2.28. The van der Waals surface area contributed by atoms with E-state index in [1.54, 1.807) is 13.0 Å². The zero-order valence-corrected chi connectivity index (χ0v) is 23.0. The lowest BCUT2D eigenvalue weighted by molar-refractivity contribution is 0.0986. The molecule has 14 heteroatoms. The summed E-state index contributed by atoms with van der Waals surface area (Å²) in [4.78, 5) is 17.4. The molecule has 4 rings (SSSR count). The van der Waals surface area contributed by atoms with Crippen LogP contribution in [-0.2, 0) is 16.8 Å². The van der Waals surface area contributed by atoms with Gasteiger partial charge in [-0.3, -0.25) is 14.1 Å². The normalized spacial score (nSPS) is 15.0. The second-order valence-corrected chi connectivity index (χ2v) is 10.9. The minimum absolute atomic E-state index is 0. The third-order valence-corrected chi connectivity index (χ3v) is 8.19. The third-order valence-electron chi connectivity index (χ3n) is 6.63. The third kappa shape index (κ3) is 6.65. The number of benzene rings is 2. The minimum atomic E-state index is -3.98. The lowest BCUT2D eigenvalue weighted by atomic mass is 9.91. The van der Waals surface area contributed by atoms with Crippen LogP contribution in [0.25, 0.3) is 10.9 Å². The number of alkyl halides is 1. The fourth-order valence-corrected chi connectivity index (χ4v) is 5.11. The molecule has 0 saturated carbocycles. The maximum Gasteiger partial charge on any atom is 0.301 e. The van der Waals surface area contributed by atoms with Crippen LogP contribution in [0, 0.1) is 17.1 Å². The van der Waals surface area contributed by atoms with E-state index in [0.29, 0.717) is 31.4 Å². The summed E-state index contributed by atoms with van der Waals surface area (Å²) in [6.45, 7) is 3.12. The first-order valence-electron chi connectivity index (χ1n) is 12.1. The van der Waals surface area contributed by atoms with Gasteiger partial charge in [0, 0.05) is 20.1 Å². The highest BCUT2D eigenvalue weighted by atomic mass is 35.5. The molecule has 1 aliphatic rings. The zero-order chi connectivity index (χ0) is 27.5. The van der Waals surface area contributed by atoms with E-state index in [2.05, 4.69) is 15.0 Å². The molecule has 0 unspecified atom stereocenters. The average Bonchev–Trinajstić information content (AvgIpc) is 2.90. The van der Waals surface area contributed by atoms with Crippen molar-refractivity contribution < 1.29 is 21.9 Å². The Balaban J connectivity index is 0.00000420.